The minimum atomic E-state index is -2.70. The second-order valence-electron chi connectivity index (χ2n) is 12.1. The molecule has 10 nitrogen and oxygen atoms in total. The summed E-state index contributed by atoms with van der Waals surface area (Å²) in [6, 6.07) is 0.142. The number of aromatic hydroxyl groups is 1. The van der Waals surface area contributed by atoms with Crippen molar-refractivity contribution in [2.75, 3.05) is 13.1 Å². The van der Waals surface area contributed by atoms with E-state index in [0.717, 1.165) is 18.9 Å². The Bertz CT molecular complexity index is 1360. The molecule has 0 saturated carbocycles. The Balaban J connectivity index is 1.65. The monoisotopic (exact) mass is 543 g/mol. The maximum absolute atomic E-state index is 15.7. The molecule has 11 heteroatoms. The summed E-state index contributed by atoms with van der Waals surface area (Å²) in [5.41, 5.74) is 1.08. The number of nitrogens with one attached hydrogen (secondary N) is 1. The number of primary amides is 1. The molecule has 1 aliphatic heterocycles. The van der Waals surface area contributed by atoms with E-state index in [-0.39, 0.29) is 47.2 Å². The number of phenols is 1. The van der Waals surface area contributed by atoms with Gasteiger partial charge in [0.25, 0.3) is 5.91 Å². The van der Waals surface area contributed by atoms with Gasteiger partial charge < -0.3 is 31.5 Å². The van der Waals surface area contributed by atoms with E-state index in [4.69, 9.17) is 5.73 Å². The molecule has 4 aliphatic rings. The Morgan fingerprint density at radius 3 is 2.44 bits per heavy atom. The van der Waals surface area contributed by atoms with E-state index < -0.39 is 69.6 Å². The van der Waals surface area contributed by atoms with Gasteiger partial charge in [-0.2, -0.15) is 0 Å². The van der Waals surface area contributed by atoms with Crippen molar-refractivity contribution in [1.29, 1.82) is 0 Å². The number of Topliss-reactive ketones (excluding diaryl/α,β-unsaturated/α-hetero) is 2. The average molecular weight is 544 g/mol. The number of hydrogen-bond acceptors (Lipinski definition) is 9. The molecule has 39 heavy (non-hydrogen) atoms. The Morgan fingerprint density at radius 2 is 1.85 bits per heavy atom. The predicted molar refractivity (Wildman–Crippen MR) is 137 cm³/mol. The number of ketones is 2. The molecule has 0 radical (unpaired) electrons. The van der Waals surface area contributed by atoms with E-state index in [1.54, 1.807) is 0 Å². The van der Waals surface area contributed by atoms with Gasteiger partial charge in [-0.15, -0.1) is 0 Å². The van der Waals surface area contributed by atoms with Gasteiger partial charge in [-0.3, -0.25) is 19.3 Å². The Hall–Kier alpha value is -3.28. The molecule has 1 aromatic carbocycles. The van der Waals surface area contributed by atoms with E-state index in [0.29, 0.717) is 13.1 Å². The van der Waals surface area contributed by atoms with Crippen molar-refractivity contribution in [3.05, 3.63) is 51.2 Å². The fourth-order valence-electron chi connectivity index (χ4n) is 6.69. The molecule has 5 rings (SSSR count). The third kappa shape index (κ3) is 4.06. The standard InChI is InChI=1S/C28H34FN3O7/c1-27(2,3)31-11-13-10-16(33)18-14(20(13)29)8-12-9-15-21(32-6-4-5-7-32)23(35)19(26(30)38)25(37)28(15,39)24(36)17(12)22(18)34/h10,12,15,21,31,33,35-36,39H,4-9,11H2,1-3H3,(H2,30,38)/t12-,15-,21-,28-/m0/s1. The summed E-state index contributed by atoms with van der Waals surface area (Å²) in [7, 11) is 0. The van der Waals surface area contributed by atoms with E-state index in [1.807, 2.05) is 25.7 Å². The molecule has 1 fully saturated rings. The van der Waals surface area contributed by atoms with Gasteiger partial charge in [0.05, 0.1) is 11.6 Å². The van der Waals surface area contributed by atoms with Gasteiger partial charge in [0.1, 0.15) is 28.7 Å². The van der Waals surface area contributed by atoms with Crippen LogP contribution in [0.3, 0.4) is 0 Å². The lowest BCUT2D eigenvalue weighted by atomic mass is 9.58. The van der Waals surface area contributed by atoms with Crippen molar-refractivity contribution in [2.45, 2.75) is 70.2 Å². The van der Waals surface area contributed by atoms with Crippen LogP contribution < -0.4 is 11.1 Å². The topological polar surface area (TPSA) is 173 Å². The Labute approximate surface area is 225 Å². The van der Waals surface area contributed by atoms with Crippen molar-refractivity contribution in [2.24, 2.45) is 17.6 Å². The summed E-state index contributed by atoms with van der Waals surface area (Å²) >= 11 is 0. The molecule has 3 aliphatic carbocycles. The van der Waals surface area contributed by atoms with Crippen LogP contribution in [0.25, 0.3) is 0 Å². The zero-order valence-electron chi connectivity index (χ0n) is 22.2. The van der Waals surface area contributed by atoms with Crippen molar-refractivity contribution in [1.82, 2.24) is 10.2 Å². The maximum Gasteiger partial charge on any atom is 0.255 e. The van der Waals surface area contributed by atoms with Crippen LogP contribution in [0.5, 0.6) is 5.75 Å². The number of halogens is 1. The molecule has 0 spiro atoms. The molecule has 1 amide bonds. The highest BCUT2D eigenvalue weighted by molar-refractivity contribution is 6.24. The second-order valence-corrected chi connectivity index (χ2v) is 12.1. The minimum absolute atomic E-state index is 0.00449. The number of fused-ring (bicyclic) bond motifs is 3. The van der Waals surface area contributed by atoms with Crippen LogP contribution in [0.15, 0.2) is 28.7 Å². The molecule has 210 valence electrons. The summed E-state index contributed by atoms with van der Waals surface area (Å²) in [5, 5.41) is 48.1. The van der Waals surface area contributed by atoms with Gasteiger partial charge >= 0.3 is 0 Å². The predicted octanol–water partition coefficient (Wildman–Crippen LogP) is 1.68. The molecule has 0 bridgehead atoms. The first-order valence-corrected chi connectivity index (χ1v) is 13.2. The number of carbonyl (C=O) groups excluding carboxylic acids is 3. The van der Waals surface area contributed by atoms with Crippen molar-refractivity contribution in [3.63, 3.8) is 0 Å². The first-order valence-electron chi connectivity index (χ1n) is 13.2. The number of likely N-dealkylation sites (tertiary alicyclic amines) is 1. The average Bonchev–Trinajstić information content (AvgIpc) is 3.36. The van der Waals surface area contributed by atoms with Gasteiger partial charge in [0, 0.05) is 34.7 Å². The molecular weight excluding hydrogens is 509 g/mol. The van der Waals surface area contributed by atoms with E-state index >= 15 is 4.39 Å². The highest BCUT2D eigenvalue weighted by Gasteiger charge is 2.63. The minimum Gasteiger partial charge on any atom is -0.510 e. The fraction of sp³-hybridized carbons (Fsp3) is 0.536. The largest absolute Gasteiger partial charge is 0.510 e. The number of amides is 1. The number of aliphatic hydroxyl groups excluding tert-OH is 2. The molecule has 1 heterocycles. The first kappa shape index (κ1) is 27.3. The van der Waals surface area contributed by atoms with Gasteiger partial charge in [-0.1, -0.05) is 0 Å². The van der Waals surface area contributed by atoms with E-state index in [2.05, 4.69) is 5.32 Å². The second kappa shape index (κ2) is 9.14. The zero-order valence-corrected chi connectivity index (χ0v) is 22.2. The summed E-state index contributed by atoms with van der Waals surface area (Å²) in [6.07, 6.45) is 1.43. The van der Waals surface area contributed by atoms with Gasteiger partial charge in [-0.25, -0.2) is 4.39 Å². The number of nitrogens with zero attached hydrogens (tertiary/aromatic N) is 1. The normalized spacial score (nSPS) is 29.4. The maximum atomic E-state index is 15.7. The molecule has 7 N–H and O–H groups in total. The number of phenolic OH excluding ortho intramolecular Hbond substituents is 1. The van der Waals surface area contributed by atoms with Gasteiger partial charge in [-0.05, 0) is 71.5 Å². The van der Waals surface area contributed by atoms with Crippen LogP contribution in [-0.4, -0.2) is 73.1 Å². The van der Waals surface area contributed by atoms with Crippen LogP contribution in [0.1, 0.15) is 61.5 Å². The number of allylic oxidation sites excluding steroid dienone is 1. The molecule has 0 aromatic heterocycles. The lowest BCUT2D eigenvalue weighted by molar-refractivity contribution is -0.149. The molecular formula is C28H34FN3O7. The number of carbonyl (C=O) groups is 3. The highest BCUT2D eigenvalue weighted by Crippen LogP contribution is 2.53. The van der Waals surface area contributed by atoms with Crippen LogP contribution in [-0.2, 0) is 22.6 Å². The van der Waals surface area contributed by atoms with Gasteiger partial charge in [0.15, 0.2) is 11.4 Å². The van der Waals surface area contributed by atoms with Crippen LogP contribution in [0, 0.1) is 17.7 Å². The van der Waals surface area contributed by atoms with E-state index in [9.17, 15) is 34.8 Å². The lowest BCUT2D eigenvalue weighted by Gasteiger charge is -2.50. The number of rotatable bonds is 4. The summed E-state index contributed by atoms with van der Waals surface area (Å²) < 4.78 is 15.7. The van der Waals surface area contributed by atoms with Crippen LogP contribution in [0.2, 0.25) is 0 Å². The SMILES string of the molecule is CC(C)(C)NCc1cc(O)c2c(c1F)C[C@H]1C[C@H]3[C@H](N4CCCC4)C(O)=C(C(N)=O)C(=O)[C@@]3(O)C(O)=C1C2=O. The smallest absolute Gasteiger partial charge is 0.255 e. The summed E-state index contributed by atoms with van der Waals surface area (Å²) in [5.74, 6) is -8.02. The first-order chi connectivity index (χ1) is 18.2. The third-order valence-corrected chi connectivity index (χ3v) is 8.52. The van der Waals surface area contributed by atoms with Crippen molar-refractivity contribution < 1.29 is 39.2 Å². The van der Waals surface area contributed by atoms with E-state index in [1.165, 1.54) is 0 Å². The number of benzene rings is 1. The zero-order chi connectivity index (χ0) is 28.6. The number of nitrogens with two attached hydrogens (primary N) is 1. The summed E-state index contributed by atoms with van der Waals surface area (Å²) in [4.78, 5) is 41.1. The van der Waals surface area contributed by atoms with Gasteiger partial charge in [0.2, 0.25) is 5.78 Å². The fourth-order valence-corrected chi connectivity index (χ4v) is 6.69. The molecule has 1 aromatic rings. The molecule has 1 saturated heterocycles. The number of aliphatic hydroxyl groups is 3. The third-order valence-electron chi connectivity index (χ3n) is 8.52. The summed E-state index contributed by atoms with van der Waals surface area (Å²) in [6.45, 7) is 6.85. The van der Waals surface area contributed by atoms with Crippen LogP contribution >= 0.6 is 0 Å². The van der Waals surface area contributed by atoms with Crippen molar-refractivity contribution in [3.8, 4) is 5.75 Å². The van der Waals surface area contributed by atoms with Crippen molar-refractivity contribution >= 4 is 17.5 Å². The number of hydrogen-bond donors (Lipinski definition) is 6. The lowest BCUT2D eigenvalue weighted by Crippen LogP contribution is -2.64. The highest BCUT2D eigenvalue weighted by atomic mass is 19.1. The Kier molecular flexibility index (Phi) is 6.40. The van der Waals surface area contributed by atoms with Crippen LogP contribution in [0.4, 0.5) is 4.39 Å². The Morgan fingerprint density at radius 1 is 1.21 bits per heavy atom. The quantitative estimate of drug-likeness (QED) is 0.309. The molecule has 4 atom stereocenters. The molecule has 0 unspecified atom stereocenters.